The van der Waals surface area contributed by atoms with Gasteiger partial charge < -0.3 is 16.3 Å². The van der Waals surface area contributed by atoms with Crippen molar-refractivity contribution >= 4 is 46.2 Å². The average Bonchev–Trinajstić information content (AvgIpc) is 2.77. The summed E-state index contributed by atoms with van der Waals surface area (Å²) in [5, 5.41) is 9.17. The predicted octanol–water partition coefficient (Wildman–Crippen LogP) is 5.81. The van der Waals surface area contributed by atoms with Crippen molar-refractivity contribution in [2.75, 3.05) is 11.2 Å². The summed E-state index contributed by atoms with van der Waals surface area (Å²) < 4.78 is 13.7. The zero-order valence-electron chi connectivity index (χ0n) is 17.4. The predicted molar refractivity (Wildman–Crippen MR) is 129 cm³/mol. The van der Waals surface area contributed by atoms with Crippen molar-refractivity contribution in [2.24, 2.45) is 5.84 Å². The van der Waals surface area contributed by atoms with E-state index in [1.807, 2.05) is 43.3 Å². The van der Waals surface area contributed by atoms with Gasteiger partial charge in [-0.3, -0.25) is 5.84 Å². The van der Waals surface area contributed by atoms with Crippen molar-refractivity contribution in [1.82, 2.24) is 0 Å². The van der Waals surface area contributed by atoms with E-state index < -0.39 is 11.8 Å². The molecule has 3 aromatic carbocycles. The van der Waals surface area contributed by atoms with Crippen LogP contribution in [0.15, 0.2) is 66.7 Å². The minimum absolute atomic E-state index is 0.313. The van der Waals surface area contributed by atoms with Crippen LogP contribution in [0, 0.1) is 5.82 Å². The smallest absolute Gasteiger partial charge is 0.328 e. The number of nitrogens with two attached hydrogens (primary N) is 2. The van der Waals surface area contributed by atoms with E-state index in [0.29, 0.717) is 22.8 Å². The normalized spacial score (nSPS) is 12.0. The van der Waals surface area contributed by atoms with Gasteiger partial charge >= 0.3 is 5.97 Å². The van der Waals surface area contributed by atoms with Gasteiger partial charge in [0.25, 0.3) is 0 Å². The van der Waals surface area contributed by atoms with Crippen molar-refractivity contribution in [2.45, 2.75) is 13.3 Å². The van der Waals surface area contributed by atoms with Gasteiger partial charge in [-0.15, -0.1) is 0 Å². The molecule has 0 spiro atoms. The molecule has 7 heteroatoms. The molecule has 3 rings (SSSR count). The highest BCUT2D eigenvalue weighted by Gasteiger charge is 2.16. The third kappa shape index (κ3) is 5.17. The number of anilines is 2. The van der Waals surface area contributed by atoms with Crippen molar-refractivity contribution in [3.8, 4) is 0 Å². The molecule has 0 fully saturated rings. The summed E-state index contributed by atoms with van der Waals surface area (Å²) in [7, 11) is 0. The van der Waals surface area contributed by atoms with E-state index in [1.54, 1.807) is 12.1 Å². The Morgan fingerprint density at radius 2 is 1.78 bits per heavy atom. The number of hydrazine groups is 1. The third-order valence-electron chi connectivity index (χ3n) is 5.03. The molecule has 0 aromatic heterocycles. The second-order valence-corrected chi connectivity index (χ2v) is 7.48. The summed E-state index contributed by atoms with van der Waals surface area (Å²) in [5.41, 5.74) is 14.8. The Hall–Kier alpha value is -3.61. The first-order valence-electron chi connectivity index (χ1n) is 9.90. The number of nitrogens with one attached hydrogen (secondary N) is 1. The summed E-state index contributed by atoms with van der Waals surface area (Å²) >= 11 is 6.41. The van der Waals surface area contributed by atoms with Crippen LogP contribution in [0.2, 0.25) is 5.02 Å². The highest BCUT2D eigenvalue weighted by atomic mass is 35.5. The third-order valence-corrected chi connectivity index (χ3v) is 5.34. The lowest BCUT2D eigenvalue weighted by Crippen LogP contribution is -2.09. The highest BCUT2D eigenvalue weighted by Crippen LogP contribution is 2.38. The molecule has 0 amide bonds. The van der Waals surface area contributed by atoms with E-state index in [0.717, 1.165) is 39.5 Å². The van der Waals surface area contributed by atoms with Gasteiger partial charge in [0.05, 0.1) is 16.4 Å². The SMILES string of the molecule is CC/C(=C(/c1ccc(/C=C/C(=O)O)cc1)c1ccc(NN)c(N)c1)c1ccc(F)cc1Cl. The van der Waals surface area contributed by atoms with Crippen LogP contribution in [0.3, 0.4) is 0 Å². The number of hydrogen-bond donors (Lipinski definition) is 4. The maximum absolute atomic E-state index is 13.7. The van der Waals surface area contributed by atoms with E-state index in [4.69, 9.17) is 28.3 Å². The van der Waals surface area contributed by atoms with Gasteiger partial charge in [-0.05, 0) is 70.2 Å². The summed E-state index contributed by atoms with van der Waals surface area (Å²) in [4.78, 5) is 10.8. The summed E-state index contributed by atoms with van der Waals surface area (Å²) in [6, 6.07) is 17.3. The first-order chi connectivity index (χ1) is 15.3. The number of allylic oxidation sites excluding steroid dienone is 1. The number of nitrogen functional groups attached to an aromatic ring is 2. The van der Waals surface area contributed by atoms with Crippen molar-refractivity contribution in [3.05, 3.63) is 99.8 Å². The second-order valence-electron chi connectivity index (χ2n) is 7.07. The molecule has 5 nitrogen and oxygen atoms in total. The number of halogens is 2. The van der Waals surface area contributed by atoms with Crippen molar-refractivity contribution < 1.29 is 14.3 Å². The molecular formula is C25H23ClFN3O2. The van der Waals surface area contributed by atoms with Gasteiger partial charge in [-0.25, -0.2) is 9.18 Å². The first kappa shape index (κ1) is 23.1. The fourth-order valence-corrected chi connectivity index (χ4v) is 3.81. The van der Waals surface area contributed by atoms with Gasteiger partial charge in [-0.2, -0.15) is 0 Å². The van der Waals surface area contributed by atoms with Crippen LogP contribution in [-0.2, 0) is 4.79 Å². The van der Waals surface area contributed by atoms with Gasteiger partial charge in [0.1, 0.15) is 5.82 Å². The van der Waals surface area contributed by atoms with Gasteiger partial charge in [0.15, 0.2) is 0 Å². The minimum atomic E-state index is -1.02. The van der Waals surface area contributed by atoms with E-state index in [1.165, 1.54) is 18.2 Å². The van der Waals surface area contributed by atoms with Crippen LogP contribution in [0.25, 0.3) is 17.2 Å². The van der Waals surface area contributed by atoms with Crippen LogP contribution in [0.4, 0.5) is 15.8 Å². The molecule has 0 saturated carbocycles. The maximum Gasteiger partial charge on any atom is 0.328 e. The molecule has 164 valence electrons. The molecule has 3 aromatic rings. The summed E-state index contributed by atoms with van der Waals surface area (Å²) in [6.07, 6.45) is 3.23. The Kier molecular flexibility index (Phi) is 7.30. The lowest BCUT2D eigenvalue weighted by atomic mass is 9.87. The van der Waals surface area contributed by atoms with E-state index in [-0.39, 0.29) is 0 Å². The summed E-state index contributed by atoms with van der Waals surface area (Å²) in [6.45, 7) is 2.00. The number of carboxylic acid groups (broad SMARTS) is 1. The number of hydrogen-bond acceptors (Lipinski definition) is 4. The molecule has 0 radical (unpaired) electrons. The van der Waals surface area contributed by atoms with Crippen molar-refractivity contribution in [3.63, 3.8) is 0 Å². The average molecular weight is 452 g/mol. The topological polar surface area (TPSA) is 101 Å². The Morgan fingerprint density at radius 1 is 1.09 bits per heavy atom. The second kappa shape index (κ2) is 10.1. The molecule has 0 atom stereocenters. The molecular weight excluding hydrogens is 429 g/mol. The highest BCUT2D eigenvalue weighted by molar-refractivity contribution is 6.32. The Labute approximate surface area is 190 Å². The number of benzene rings is 3. The number of carboxylic acids is 1. The fraction of sp³-hybridized carbons (Fsp3) is 0.0800. The zero-order valence-corrected chi connectivity index (χ0v) is 18.2. The fourth-order valence-electron chi connectivity index (χ4n) is 3.53. The zero-order chi connectivity index (χ0) is 23.3. The molecule has 0 aliphatic heterocycles. The number of carbonyl (C=O) groups is 1. The molecule has 0 saturated heterocycles. The standard InChI is InChI=1S/C25H23ClFN3O2/c1-2-19(20-10-9-18(27)14-21(20)26)25(17-8-11-23(30-29)22(28)13-17)16-6-3-15(4-7-16)5-12-24(31)32/h3-14,30H,2,28-29H2,1H3,(H,31,32)/b12-5+,25-19+. The monoisotopic (exact) mass is 451 g/mol. The lowest BCUT2D eigenvalue weighted by molar-refractivity contribution is -0.131. The molecule has 0 aliphatic rings. The Balaban J connectivity index is 2.24. The van der Waals surface area contributed by atoms with E-state index in [9.17, 15) is 9.18 Å². The Bertz CT molecular complexity index is 1200. The maximum atomic E-state index is 13.7. The van der Waals surface area contributed by atoms with E-state index in [2.05, 4.69) is 5.43 Å². The summed E-state index contributed by atoms with van der Waals surface area (Å²) in [5.74, 6) is 4.10. The molecule has 0 bridgehead atoms. The Morgan fingerprint density at radius 3 is 2.34 bits per heavy atom. The number of rotatable bonds is 7. The van der Waals surface area contributed by atoms with Gasteiger partial charge in [-0.1, -0.05) is 54.9 Å². The number of aliphatic carboxylic acids is 1. The molecule has 6 N–H and O–H groups in total. The lowest BCUT2D eigenvalue weighted by Gasteiger charge is -2.18. The van der Waals surface area contributed by atoms with Gasteiger partial charge in [0, 0.05) is 6.08 Å². The van der Waals surface area contributed by atoms with Crippen LogP contribution < -0.4 is 17.0 Å². The first-order valence-corrected chi connectivity index (χ1v) is 10.3. The molecule has 0 aliphatic carbocycles. The van der Waals surface area contributed by atoms with E-state index >= 15 is 0 Å². The quantitative estimate of drug-likeness (QED) is 0.119. The van der Waals surface area contributed by atoms with Gasteiger partial charge in [0.2, 0.25) is 0 Å². The molecule has 0 heterocycles. The molecule has 32 heavy (non-hydrogen) atoms. The van der Waals surface area contributed by atoms with Crippen molar-refractivity contribution in [1.29, 1.82) is 0 Å². The minimum Gasteiger partial charge on any atom is -0.478 e. The van der Waals surface area contributed by atoms with Crippen LogP contribution in [0.5, 0.6) is 0 Å². The van der Waals surface area contributed by atoms with Crippen LogP contribution in [-0.4, -0.2) is 11.1 Å². The molecule has 0 unspecified atom stereocenters. The van der Waals surface area contributed by atoms with Crippen LogP contribution in [0.1, 0.15) is 35.6 Å². The van der Waals surface area contributed by atoms with Crippen LogP contribution >= 0.6 is 11.6 Å². The largest absolute Gasteiger partial charge is 0.478 e.